The highest BCUT2D eigenvalue weighted by Gasteiger charge is 2.29. The second kappa shape index (κ2) is 8.20. The van der Waals surface area contributed by atoms with E-state index in [1.165, 1.54) is 24.0 Å². The summed E-state index contributed by atoms with van der Waals surface area (Å²) in [5, 5.41) is 5.08. The van der Waals surface area contributed by atoms with E-state index in [-0.39, 0.29) is 12.3 Å². The predicted octanol–water partition coefficient (Wildman–Crippen LogP) is 2.72. The van der Waals surface area contributed by atoms with Gasteiger partial charge in [0.2, 0.25) is 5.91 Å². The molecule has 0 bridgehead atoms. The van der Waals surface area contributed by atoms with E-state index in [9.17, 15) is 14.4 Å². The van der Waals surface area contributed by atoms with Crippen molar-refractivity contribution in [2.75, 3.05) is 17.2 Å². The number of halogens is 1. The van der Waals surface area contributed by atoms with E-state index in [0.717, 1.165) is 10.6 Å². The lowest BCUT2D eigenvalue weighted by Crippen LogP contribution is -2.32. The molecule has 1 aliphatic heterocycles. The zero-order chi connectivity index (χ0) is 18.5. The molecule has 2 aromatic rings. The maximum atomic E-state index is 12.1. The van der Waals surface area contributed by atoms with Crippen LogP contribution in [0.3, 0.4) is 0 Å². The lowest BCUT2D eigenvalue weighted by Gasteiger charge is -2.23. The van der Waals surface area contributed by atoms with Crippen LogP contribution in [0.25, 0.3) is 0 Å². The van der Waals surface area contributed by atoms with Crippen LogP contribution in [0.2, 0.25) is 5.02 Å². The summed E-state index contributed by atoms with van der Waals surface area (Å²) in [6, 6.07) is 10.4. The van der Waals surface area contributed by atoms with E-state index >= 15 is 0 Å². The van der Waals surface area contributed by atoms with Crippen molar-refractivity contribution in [1.82, 2.24) is 4.98 Å². The highest BCUT2D eigenvalue weighted by molar-refractivity contribution is 8.01. The predicted molar refractivity (Wildman–Crippen MR) is 98.2 cm³/mol. The first-order chi connectivity index (χ1) is 12.5. The number of aromatic nitrogens is 1. The molecule has 0 saturated heterocycles. The van der Waals surface area contributed by atoms with Crippen molar-refractivity contribution < 1.29 is 19.1 Å². The van der Waals surface area contributed by atoms with Crippen LogP contribution >= 0.6 is 23.4 Å². The number of pyridine rings is 1. The molecule has 3 rings (SSSR count). The van der Waals surface area contributed by atoms with E-state index in [2.05, 4.69) is 15.6 Å². The fraction of sp³-hybridized carbons (Fsp3) is 0.176. The molecule has 134 valence electrons. The van der Waals surface area contributed by atoms with Crippen molar-refractivity contribution in [2.24, 2.45) is 0 Å². The molecule has 1 aromatic carbocycles. The summed E-state index contributed by atoms with van der Waals surface area (Å²) >= 11 is 7.00. The fourth-order valence-corrected chi connectivity index (χ4v) is 3.42. The molecule has 0 saturated carbocycles. The van der Waals surface area contributed by atoms with Crippen LogP contribution in [0, 0.1) is 0 Å². The Morgan fingerprint density at radius 1 is 1.27 bits per heavy atom. The minimum Gasteiger partial charge on any atom is -0.456 e. The number of hydrogen-bond donors (Lipinski definition) is 2. The van der Waals surface area contributed by atoms with E-state index in [1.807, 2.05) is 18.2 Å². The second-order valence-electron chi connectivity index (χ2n) is 5.37. The van der Waals surface area contributed by atoms with Crippen LogP contribution in [-0.4, -0.2) is 34.6 Å². The lowest BCUT2D eigenvalue weighted by molar-refractivity contribution is -0.147. The van der Waals surface area contributed by atoms with Gasteiger partial charge in [-0.05, 0) is 24.3 Å². The molecule has 0 unspecified atom stereocenters. The molecule has 1 aromatic heterocycles. The smallest absolute Gasteiger partial charge is 0.307 e. The van der Waals surface area contributed by atoms with Gasteiger partial charge < -0.3 is 15.4 Å². The van der Waals surface area contributed by atoms with Gasteiger partial charge in [0.15, 0.2) is 6.61 Å². The minimum atomic E-state index is -0.628. The molecule has 0 aliphatic carbocycles. The molecule has 1 aliphatic rings. The lowest BCUT2D eigenvalue weighted by atomic mass is 10.2. The standard InChI is InChI=1S/C17H14ClN3O4S/c18-10-5-6-14(19-8-10)21-15(22)9-25-16(23)7-13-17(24)20-11-3-1-2-4-12(11)26-13/h1-6,8,13H,7,9H2,(H,20,24)(H,19,21,22)/t13-/m1/s1. The van der Waals surface area contributed by atoms with E-state index in [1.54, 1.807) is 12.1 Å². The van der Waals surface area contributed by atoms with Gasteiger partial charge >= 0.3 is 5.97 Å². The van der Waals surface area contributed by atoms with Crippen LogP contribution in [0.4, 0.5) is 11.5 Å². The monoisotopic (exact) mass is 391 g/mol. The van der Waals surface area contributed by atoms with Gasteiger partial charge in [-0.2, -0.15) is 0 Å². The average Bonchev–Trinajstić information content (AvgIpc) is 2.62. The molecule has 2 heterocycles. The van der Waals surface area contributed by atoms with Crippen molar-refractivity contribution in [3.8, 4) is 0 Å². The number of fused-ring (bicyclic) bond motifs is 1. The van der Waals surface area contributed by atoms with Crippen molar-refractivity contribution in [1.29, 1.82) is 0 Å². The Morgan fingerprint density at radius 3 is 2.85 bits per heavy atom. The number of esters is 1. The minimum absolute atomic E-state index is 0.128. The summed E-state index contributed by atoms with van der Waals surface area (Å²) in [6.45, 7) is -0.460. The molecular formula is C17H14ClN3O4S. The number of para-hydroxylation sites is 1. The molecule has 0 fully saturated rings. The maximum absolute atomic E-state index is 12.1. The normalized spacial score (nSPS) is 15.6. The maximum Gasteiger partial charge on any atom is 0.307 e. The first kappa shape index (κ1) is 18.2. The fourth-order valence-electron chi connectivity index (χ4n) is 2.21. The number of benzene rings is 1. The summed E-state index contributed by atoms with van der Waals surface area (Å²) in [7, 11) is 0. The Kier molecular flexibility index (Phi) is 5.75. The van der Waals surface area contributed by atoms with Crippen LogP contribution < -0.4 is 10.6 Å². The Hall–Kier alpha value is -2.58. The van der Waals surface area contributed by atoms with Gasteiger partial charge in [0, 0.05) is 11.1 Å². The Labute approximate surface area is 158 Å². The second-order valence-corrected chi connectivity index (χ2v) is 7.05. The molecule has 0 radical (unpaired) electrons. The van der Waals surface area contributed by atoms with E-state index in [0.29, 0.717) is 10.8 Å². The summed E-state index contributed by atoms with van der Waals surface area (Å²) < 4.78 is 4.94. The third-order valence-electron chi connectivity index (χ3n) is 3.42. The number of carbonyl (C=O) groups excluding carboxylic acids is 3. The molecule has 2 N–H and O–H groups in total. The topological polar surface area (TPSA) is 97.4 Å². The quantitative estimate of drug-likeness (QED) is 0.760. The first-order valence-corrected chi connectivity index (χ1v) is 8.90. The number of hydrogen-bond acceptors (Lipinski definition) is 6. The van der Waals surface area contributed by atoms with Crippen molar-refractivity contribution in [3.05, 3.63) is 47.6 Å². The van der Waals surface area contributed by atoms with Crippen LogP contribution in [0.15, 0.2) is 47.5 Å². The van der Waals surface area contributed by atoms with Gasteiger partial charge in [0.25, 0.3) is 5.91 Å². The van der Waals surface area contributed by atoms with E-state index in [4.69, 9.17) is 16.3 Å². The Bertz CT molecular complexity index is 844. The SMILES string of the molecule is O=C(COC(=O)C[C@H]1Sc2ccccc2NC1=O)Nc1ccc(Cl)cn1. The van der Waals surface area contributed by atoms with Crippen LogP contribution in [-0.2, 0) is 19.1 Å². The molecule has 0 spiro atoms. The number of rotatable bonds is 5. The molecule has 2 amide bonds. The number of carbonyl (C=O) groups is 3. The number of amides is 2. The average molecular weight is 392 g/mol. The van der Waals surface area contributed by atoms with Gasteiger partial charge in [-0.25, -0.2) is 4.98 Å². The number of ether oxygens (including phenoxy) is 1. The van der Waals surface area contributed by atoms with Crippen molar-refractivity contribution in [2.45, 2.75) is 16.6 Å². The number of nitrogens with zero attached hydrogens (tertiary/aromatic N) is 1. The number of nitrogens with one attached hydrogen (secondary N) is 2. The molecule has 7 nitrogen and oxygen atoms in total. The highest BCUT2D eigenvalue weighted by atomic mass is 35.5. The van der Waals surface area contributed by atoms with E-state index < -0.39 is 23.7 Å². The number of thioether (sulfide) groups is 1. The first-order valence-electron chi connectivity index (χ1n) is 7.65. The zero-order valence-electron chi connectivity index (χ0n) is 13.4. The van der Waals surface area contributed by atoms with Gasteiger partial charge in [-0.1, -0.05) is 23.7 Å². The Morgan fingerprint density at radius 2 is 2.08 bits per heavy atom. The van der Waals surface area contributed by atoms with Gasteiger partial charge in [-0.3, -0.25) is 14.4 Å². The zero-order valence-corrected chi connectivity index (χ0v) is 15.0. The molecule has 26 heavy (non-hydrogen) atoms. The Balaban J connectivity index is 1.47. The summed E-state index contributed by atoms with van der Waals surface area (Å²) in [6.07, 6.45) is 1.26. The van der Waals surface area contributed by atoms with Crippen molar-refractivity contribution in [3.63, 3.8) is 0 Å². The van der Waals surface area contributed by atoms with Gasteiger partial charge in [-0.15, -0.1) is 11.8 Å². The molecule has 1 atom stereocenters. The van der Waals surface area contributed by atoms with Crippen molar-refractivity contribution >= 4 is 52.7 Å². The summed E-state index contributed by atoms with van der Waals surface area (Å²) in [5.41, 5.74) is 0.724. The highest BCUT2D eigenvalue weighted by Crippen LogP contribution is 2.36. The molecular weight excluding hydrogens is 378 g/mol. The van der Waals surface area contributed by atoms with Crippen LogP contribution in [0.5, 0.6) is 0 Å². The summed E-state index contributed by atoms with van der Waals surface area (Å²) in [4.78, 5) is 40.6. The molecule has 9 heteroatoms. The summed E-state index contributed by atoms with van der Waals surface area (Å²) in [5.74, 6) is -1.12. The third kappa shape index (κ3) is 4.74. The number of anilines is 2. The largest absolute Gasteiger partial charge is 0.456 e. The van der Waals surface area contributed by atoms with Gasteiger partial charge in [0.05, 0.1) is 22.4 Å². The van der Waals surface area contributed by atoms with Crippen LogP contribution in [0.1, 0.15) is 6.42 Å². The third-order valence-corrected chi connectivity index (χ3v) is 4.92. The van der Waals surface area contributed by atoms with Gasteiger partial charge in [0.1, 0.15) is 5.82 Å².